The fourth-order valence-electron chi connectivity index (χ4n) is 3.24. The first kappa shape index (κ1) is 13.3. The average molecular weight is 240 g/mol. The molecule has 1 aliphatic carbocycles. The maximum absolute atomic E-state index is 10.1. The van der Waals surface area contributed by atoms with E-state index in [2.05, 4.69) is 30.6 Å². The average Bonchev–Trinajstić information content (AvgIpc) is 2.29. The van der Waals surface area contributed by atoms with Crippen LogP contribution in [0.15, 0.2) is 0 Å². The number of aliphatic hydroxyl groups is 1. The van der Waals surface area contributed by atoms with Gasteiger partial charge in [0, 0.05) is 37.8 Å². The highest BCUT2D eigenvalue weighted by molar-refractivity contribution is 4.88. The van der Waals surface area contributed by atoms with Crippen LogP contribution in [0.5, 0.6) is 0 Å². The Labute approximate surface area is 106 Å². The van der Waals surface area contributed by atoms with E-state index in [1.807, 2.05) is 0 Å². The zero-order valence-corrected chi connectivity index (χ0v) is 11.7. The molecule has 100 valence electrons. The number of rotatable bonds is 1. The standard InChI is InChI=1S/C14H28N2O/c1-14(2,3)16-10-8-15(9-11-16)12-6-4-5-7-13(12)17/h12-13,17H,4-11H2,1-3H3/t12-,13-/m1/s1. The Balaban J connectivity index is 1.86. The fourth-order valence-corrected chi connectivity index (χ4v) is 3.24. The summed E-state index contributed by atoms with van der Waals surface area (Å²) in [5.41, 5.74) is 0.289. The van der Waals surface area contributed by atoms with Crippen molar-refractivity contribution in [2.45, 2.75) is 64.1 Å². The van der Waals surface area contributed by atoms with Gasteiger partial charge in [-0.15, -0.1) is 0 Å². The molecule has 1 heterocycles. The van der Waals surface area contributed by atoms with E-state index in [4.69, 9.17) is 0 Å². The number of hydrogen-bond donors (Lipinski definition) is 1. The molecule has 2 rings (SSSR count). The zero-order chi connectivity index (χ0) is 12.5. The van der Waals surface area contributed by atoms with Crippen LogP contribution in [-0.4, -0.2) is 58.8 Å². The van der Waals surface area contributed by atoms with Gasteiger partial charge in [0.15, 0.2) is 0 Å². The Bertz CT molecular complexity index is 241. The third-order valence-corrected chi connectivity index (χ3v) is 4.43. The molecule has 0 aromatic carbocycles. The molecular formula is C14H28N2O. The third kappa shape index (κ3) is 3.21. The molecular weight excluding hydrogens is 212 g/mol. The molecule has 1 saturated carbocycles. The first-order chi connectivity index (χ1) is 7.98. The van der Waals surface area contributed by atoms with Gasteiger partial charge in [0.25, 0.3) is 0 Å². The van der Waals surface area contributed by atoms with Gasteiger partial charge in [-0.2, -0.15) is 0 Å². The number of piperazine rings is 1. The highest BCUT2D eigenvalue weighted by atomic mass is 16.3. The summed E-state index contributed by atoms with van der Waals surface area (Å²) in [6, 6.07) is 0.436. The van der Waals surface area contributed by atoms with Crippen LogP contribution >= 0.6 is 0 Å². The zero-order valence-electron chi connectivity index (χ0n) is 11.7. The summed E-state index contributed by atoms with van der Waals surface area (Å²) >= 11 is 0. The molecule has 3 nitrogen and oxygen atoms in total. The lowest BCUT2D eigenvalue weighted by atomic mass is 9.91. The van der Waals surface area contributed by atoms with Gasteiger partial charge in [-0.1, -0.05) is 12.8 Å². The van der Waals surface area contributed by atoms with E-state index in [0.717, 1.165) is 32.6 Å². The summed E-state index contributed by atoms with van der Waals surface area (Å²) < 4.78 is 0. The second-order valence-corrected chi connectivity index (χ2v) is 6.61. The van der Waals surface area contributed by atoms with Crippen LogP contribution in [0, 0.1) is 0 Å². The van der Waals surface area contributed by atoms with Crippen LogP contribution in [0.2, 0.25) is 0 Å². The molecule has 0 amide bonds. The van der Waals surface area contributed by atoms with E-state index in [1.54, 1.807) is 0 Å². The summed E-state index contributed by atoms with van der Waals surface area (Å²) in [4.78, 5) is 5.07. The second kappa shape index (κ2) is 5.25. The largest absolute Gasteiger partial charge is 0.391 e. The summed E-state index contributed by atoms with van der Waals surface area (Å²) in [6.07, 6.45) is 4.62. The van der Waals surface area contributed by atoms with E-state index in [9.17, 15) is 5.11 Å². The highest BCUT2D eigenvalue weighted by Gasteiger charge is 2.33. The first-order valence-corrected chi connectivity index (χ1v) is 7.15. The molecule has 1 saturated heterocycles. The number of nitrogens with zero attached hydrogens (tertiary/aromatic N) is 2. The van der Waals surface area contributed by atoms with Crippen molar-refractivity contribution in [1.29, 1.82) is 0 Å². The van der Waals surface area contributed by atoms with Crippen molar-refractivity contribution in [2.75, 3.05) is 26.2 Å². The molecule has 1 aliphatic heterocycles. The quantitative estimate of drug-likeness (QED) is 0.756. The fraction of sp³-hybridized carbons (Fsp3) is 1.00. The highest BCUT2D eigenvalue weighted by Crippen LogP contribution is 2.25. The normalized spacial score (nSPS) is 33.9. The summed E-state index contributed by atoms with van der Waals surface area (Å²) in [6.45, 7) is 11.4. The van der Waals surface area contributed by atoms with Gasteiger partial charge in [0.2, 0.25) is 0 Å². The Morgan fingerprint density at radius 3 is 2.06 bits per heavy atom. The molecule has 2 aliphatic rings. The van der Waals surface area contributed by atoms with Gasteiger partial charge >= 0.3 is 0 Å². The smallest absolute Gasteiger partial charge is 0.0695 e. The molecule has 2 atom stereocenters. The van der Waals surface area contributed by atoms with E-state index in [1.165, 1.54) is 19.3 Å². The Morgan fingerprint density at radius 2 is 1.53 bits per heavy atom. The Kier molecular flexibility index (Phi) is 4.11. The van der Waals surface area contributed by atoms with Gasteiger partial charge in [-0.25, -0.2) is 0 Å². The maximum atomic E-state index is 10.1. The van der Waals surface area contributed by atoms with E-state index in [-0.39, 0.29) is 11.6 Å². The van der Waals surface area contributed by atoms with Crippen LogP contribution < -0.4 is 0 Å². The lowest BCUT2D eigenvalue weighted by molar-refractivity contribution is -0.0192. The number of hydrogen-bond acceptors (Lipinski definition) is 3. The molecule has 0 unspecified atom stereocenters. The van der Waals surface area contributed by atoms with E-state index < -0.39 is 0 Å². The van der Waals surface area contributed by atoms with Crippen LogP contribution in [0.4, 0.5) is 0 Å². The molecule has 0 bridgehead atoms. The Morgan fingerprint density at radius 1 is 0.941 bits per heavy atom. The summed E-state index contributed by atoms with van der Waals surface area (Å²) in [5.74, 6) is 0. The van der Waals surface area contributed by atoms with Crippen molar-refractivity contribution in [3.63, 3.8) is 0 Å². The molecule has 2 fully saturated rings. The van der Waals surface area contributed by atoms with Crippen LogP contribution in [-0.2, 0) is 0 Å². The minimum atomic E-state index is -0.0788. The lowest BCUT2D eigenvalue weighted by Gasteiger charge is -2.46. The molecule has 1 N–H and O–H groups in total. The van der Waals surface area contributed by atoms with Crippen molar-refractivity contribution >= 4 is 0 Å². The van der Waals surface area contributed by atoms with Crippen molar-refractivity contribution < 1.29 is 5.11 Å². The first-order valence-electron chi connectivity index (χ1n) is 7.15. The number of aliphatic hydroxyl groups excluding tert-OH is 1. The predicted octanol–water partition coefficient (Wildman–Crippen LogP) is 1.71. The van der Waals surface area contributed by atoms with Crippen molar-refractivity contribution in [2.24, 2.45) is 0 Å². The summed E-state index contributed by atoms with van der Waals surface area (Å²) in [7, 11) is 0. The molecule has 0 aromatic rings. The molecule has 17 heavy (non-hydrogen) atoms. The lowest BCUT2D eigenvalue weighted by Crippen LogP contribution is -2.58. The maximum Gasteiger partial charge on any atom is 0.0695 e. The van der Waals surface area contributed by atoms with Gasteiger partial charge in [0.1, 0.15) is 0 Å². The van der Waals surface area contributed by atoms with Crippen molar-refractivity contribution in [1.82, 2.24) is 9.80 Å². The molecule has 0 aromatic heterocycles. The van der Waals surface area contributed by atoms with Gasteiger partial charge < -0.3 is 5.11 Å². The van der Waals surface area contributed by atoms with Gasteiger partial charge in [-0.05, 0) is 33.6 Å². The van der Waals surface area contributed by atoms with Crippen LogP contribution in [0.1, 0.15) is 46.5 Å². The van der Waals surface area contributed by atoms with Crippen molar-refractivity contribution in [3.05, 3.63) is 0 Å². The predicted molar refractivity (Wildman–Crippen MR) is 71.2 cm³/mol. The van der Waals surface area contributed by atoms with E-state index >= 15 is 0 Å². The SMILES string of the molecule is CC(C)(C)N1CCN([C@@H]2CCCC[C@H]2O)CC1. The van der Waals surface area contributed by atoms with Crippen molar-refractivity contribution in [3.8, 4) is 0 Å². The topological polar surface area (TPSA) is 26.7 Å². The van der Waals surface area contributed by atoms with E-state index in [0.29, 0.717) is 6.04 Å². The summed E-state index contributed by atoms with van der Waals surface area (Å²) in [5, 5.41) is 10.1. The monoisotopic (exact) mass is 240 g/mol. The minimum Gasteiger partial charge on any atom is -0.391 e. The Hall–Kier alpha value is -0.120. The van der Waals surface area contributed by atoms with Crippen LogP contribution in [0.3, 0.4) is 0 Å². The molecule has 0 spiro atoms. The van der Waals surface area contributed by atoms with Crippen LogP contribution in [0.25, 0.3) is 0 Å². The van der Waals surface area contributed by atoms with Gasteiger partial charge in [0.05, 0.1) is 6.10 Å². The van der Waals surface area contributed by atoms with Gasteiger partial charge in [-0.3, -0.25) is 9.80 Å². The second-order valence-electron chi connectivity index (χ2n) is 6.61. The third-order valence-electron chi connectivity index (χ3n) is 4.43. The molecule has 3 heteroatoms. The molecule has 0 radical (unpaired) electrons. The minimum absolute atomic E-state index is 0.0788.